The number of hydrogen-bond acceptors (Lipinski definition) is 7. The summed E-state index contributed by atoms with van der Waals surface area (Å²) in [6.07, 6.45) is 1.37. The molecule has 0 spiro atoms. The third kappa shape index (κ3) is 5.10. The van der Waals surface area contributed by atoms with E-state index in [1.165, 1.54) is 18.2 Å². The maximum absolute atomic E-state index is 12.9. The Morgan fingerprint density at radius 3 is 2.58 bits per heavy atom. The number of morpholine rings is 1. The summed E-state index contributed by atoms with van der Waals surface area (Å²) < 4.78 is 10.3. The molecular formula is C22H23N5O5S. The van der Waals surface area contributed by atoms with Gasteiger partial charge in [-0.2, -0.15) is 0 Å². The van der Waals surface area contributed by atoms with Gasteiger partial charge in [0, 0.05) is 18.7 Å². The van der Waals surface area contributed by atoms with E-state index in [1.54, 1.807) is 41.3 Å². The van der Waals surface area contributed by atoms with E-state index < -0.39 is 6.04 Å². The Morgan fingerprint density at radius 1 is 1.21 bits per heavy atom. The van der Waals surface area contributed by atoms with Crippen molar-refractivity contribution in [2.75, 3.05) is 43.6 Å². The van der Waals surface area contributed by atoms with Crippen molar-refractivity contribution in [1.82, 2.24) is 15.2 Å². The third-order valence-corrected chi connectivity index (χ3v) is 5.62. The van der Waals surface area contributed by atoms with Crippen LogP contribution in [0, 0.1) is 0 Å². The van der Waals surface area contributed by atoms with Crippen molar-refractivity contribution in [3.8, 4) is 5.75 Å². The molecule has 2 aromatic rings. The topological polar surface area (TPSA) is 113 Å². The predicted octanol–water partition coefficient (Wildman–Crippen LogP) is 1.18. The van der Waals surface area contributed by atoms with Crippen LogP contribution in [0.2, 0.25) is 0 Å². The molecule has 33 heavy (non-hydrogen) atoms. The molecule has 0 radical (unpaired) electrons. The summed E-state index contributed by atoms with van der Waals surface area (Å²) in [6, 6.07) is 9.15. The van der Waals surface area contributed by atoms with Crippen LogP contribution in [0.5, 0.6) is 5.75 Å². The fourth-order valence-electron chi connectivity index (χ4n) is 3.57. The predicted molar refractivity (Wildman–Crippen MR) is 124 cm³/mol. The minimum atomic E-state index is -0.801. The summed E-state index contributed by atoms with van der Waals surface area (Å²) in [5.41, 5.74) is 1.05. The minimum Gasteiger partial charge on any atom is -0.495 e. The van der Waals surface area contributed by atoms with Gasteiger partial charge in [0.05, 0.1) is 38.6 Å². The molecule has 2 aliphatic rings. The van der Waals surface area contributed by atoms with E-state index in [0.717, 1.165) is 0 Å². The molecule has 4 rings (SSSR count). The van der Waals surface area contributed by atoms with Crippen LogP contribution in [-0.2, 0) is 14.3 Å². The number of carbonyl (C=O) groups is 3. The maximum Gasteiger partial charge on any atom is 0.256 e. The standard InChI is InChI=1S/C22H23N5O5S/c1-31-16-6-7-18(23-13-16)25-19(28)12-17-21(30)27(22(33)24-17)15-4-2-14(3-5-15)20(29)26-8-10-32-11-9-26/h2-7,13,17H,8-12H2,1H3,(H,24,33)(H,23,25,28). The lowest BCUT2D eigenvalue weighted by Gasteiger charge is -2.27. The first kappa shape index (κ1) is 22.6. The number of nitrogens with zero attached hydrogens (tertiary/aromatic N) is 3. The first-order valence-corrected chi connectivity index (χ1v) is 10.8. The van der Waals surface area contributed by atoms with Crippen LogP contribution in [0.1, 0.15) is 16.8 Å². The molecule has 11 heteroatoms. The molecule has 2 aliphatic heterocycles. The Bertz CT molecular complexity index is 1050. The minimum absolute atomic E-state index is 0.0833. The van der Waals surface area contributed by atoms with Gasteiger partial charge in [0.2, 0.25) is 5.91 Å². The van der Waals surface area contributed by atoms with Crippen molar-refractivity contribution in [3.63, 3.8) is 0 Å². The number of rotatable bonds is 6. The van der Waals surface area contributed by atoms with Crippen LogP contribution < -0.4 is 20.3 Å². The molecule has 1 aromatic carbocycles. The highest BCUT2D eigenvalue weighted by atomic mass is 32.1. The summed E-state index contributed by atoms with van der Waals surface area (Å²) >= 11 is 5.32. The van der Waals surface area contributed by atoms with Gasteiger partial charge in [-0.15, -0.1) is 0 Å². The van der Waals surface area contributed by atoms with Crippen molar-refractivity contribution in [1.29, 1.82) is 0 Å². The first-order chi connectivity index (χ1) is 16.0. The second kappa shape index (κ2) is 9.92. The summed E-state index contributed by atoms with van der Waals surface area (Å²) in [6.45, 7) is 2.15. The Labute approximate surface area is 195 Å². The molecule has 3 amide bonds. The quantitative estimate of drug-likeness (QED) is 0.607. The second-order valence-electron chi connectivity index (χ2n) is 7.46. The molecule has 10 nitrogen and oxygen atoms in total. The Balaban J connectivity index is 1.38. The van der Waals surface area contributed by atoms with Crippen molar-refractivity contribution < 1.29 is 23.9 Å². The monoisotopic (exact) mass is 469 g/mol. The molecule has 2 N–H and O–H groups in total. The van der Waals surface area contributed by atoms with Gasteiger partial charge in [0.25, 0.3) is 11.8 Å². The zero-order valence-corrected chi connectivity index (χ0v) is 18.8. The number of hydrogen-bond donors (Lipinski definition) is 2. The zero-order chi connectivity index (χ0) is 23.4. The highest BCUT2D eigenvalue weighted by molar-refractivity contribution is 7.80. The molecule has 1 atom stereocenters. The number of ether oxygens (including phenoxy) is 2. The molecule has 2 fully saturated rings. The van der Waals surface area contributed by atoms with Gasteiger partial charge in [-0.1, -0.05) is 0 Å². The molecule has 0 bridgehead atoms. The van der Waals surface area contributed by atoms with Crippen molar-refractivity contribution in [3.05, 3.63) is 48.2 Å². The number of aromatic nitrogens is 1. The molecule has 0 saturated carbocycles. The number of anilines is 2. The van der Waals surface area contributed by atoms with Gasteiger partial charge < -0.3 is 25.0 Å². The molecule has 0 aliphatic carbocycles. The van der Waals surface area contributed by atoms with Gasteiger partial charge in [0.15, 0.2) is 5.11 Å². The van der Waals surface area contributed by atoms with Crippen molar-refractivity contribution in [2.45, 2.75) is 12.5 Å². The molecule has 172 valence electrons. The van der Waals surface area contributed by atoms with Gasteiger partial charge in [-0.05, 0) is 48.6 Å². The molecule has 1 aromatic heterocycles. The average molecular weight is 470 g/mol. The van der Waals surface area contributed by atoms with E-state index in [2.05, 4.69) is 15.6 Å². The van der Waals surface area contributed by atoms with E-state index in [1.807, 2.05) is 0 Å². The van der Waals surface area contributed by atoms with E-state index in [4.69, 9.17) is 21.7 Å². The fourth-order valence-corrected chi connectivity index (χ4v) is 3.91. The van der Waals surface area contributed by atoms with Crippen LogP contribution in [-0.4, -0.2) is 72.2 Å². The lowest BCUT2D eigenvalue weighted by atomic mass is 10.1. The van der Waals surface area contributed by atoms with Crippen LogP contribution in [0.4, 0.5) is 11.5 Å². The molecule has 2 saturated heterocycles. The SMILES string of the molecule is COc1ccc(NC(=O)CC2NC(=S)N(c3ccc(C(=O)N4CCOCC4)cc3)C2=O)nc1. The van der Waals surface area contributed by atoms with E-state index in [9.17, 15) is 14.4 Å². The summed E-state index contributed by atoms with van der Waals surface area (Å²) in [5, 5.41) is 5.75. The Morgan fingerprint density at radius 2 is 1.94 bits per heavy atom. The second-order valence-corrected chi connectivity index (χ2v) is 7.85. The number of pyridine rings is 1. The van der Waals surface area contributed by atoms with Gasteiger partial charge >= 0.3 is 0 Å². The largest absolute Gasteiger partial charge is 0.495 e. The summed E-state index contributed by atoms with van der Waals surface area (Å²) in [4.78, 5) is 45.1. The van der Waals surface area contributed by atoms with Crippen molar-refractivity contribution >= 4 is 46.6 Å². The number of carbonyl (C=O) groups excluding carboxylic acids is 3. The normalized spacial score (nSPS) is 18.2. The van der Waals surface area contributed by atoms with E-state index in [0.29, 0.717) is 49.1 Å². The maximum atomic E-state index is 12.9. The number of thiocarbonyl (C=S) groups is 1. The first-order valence-electron chi connectivity index (χ1n) is 10.4. The lowest BCUT2D eigenvalue weighted by molar-refractivity contribution is -0.122. The Hall–Kier alpha value is -3.57. The average Bonchev–Trinajstić information content (AvgIpc) is 3.12. The van der Waals surface area contributed by atoms with Crippen LogP contribution in [0.15, 0.2) is 42.6 Å². The van der Waals surface area contributed by atoms with E-state index >= 15 is 0 Å². The van der Waals surface area contributed by atoms with Crippen LogP contribution in [0.3, 0.4) is 0 Å². The number of benzene rings is 1. The number of nitrogens with one attached hydrogen (secondary N) is 2. The third-order valence-electron chi connectivity index (χ3n) is 5.32. The number of methoxy groups -OCH3 is 1. The molecule has 1 unspecified atom stereocenters. The van der Waals surface area contributed by atoms with Crippen LogP contribution >= 0.6 is 12.2 Å². The smallest absolute Gasteiger partial charge is 0.256 e. The number of amides is 3. The van der Waals surface area contributed by atoms with Gasteiger partial charge in [-0.3, -0.25) is 19.3 Å². The highest BCUT2D eigenvalue weighted by Crippen LogP contribution is 2.22. The summed E-state index contributed by atoms with van der Waals surface area (Å²) in [5.74, 6) is 0.116. The Kier molecular flexibility index (Phi) is 6.80. The van der Waals surface area contributed by atoms with Crippen LogP contribution in [0.25, 0.3) is 0 Å². The fraction of sp³-hybridized carbons (Fsp3) is 0.318. The lowest BCUT2D eigenvalue weighted by Crippen LogP contribution is -2.40. The highest BCUT2D eigenvalue weighted by Gasteiger charge is 2.37. The molecular weight excluding hydrogens is 446 g/mol. The van der Waals surface area contributed by atoms with Gasteiger partial charge in [-0.25, -0.2) is 4.98 Å². The van der Waals surface area contributed by atoms with E-state index in [-0.39, 0.29) is 29.3 Å². The summed E-state index contributed by atoms with van der Waals surface area (Å²) in [7, 11) is 1.52. The zero-order valence-electron chi connectivity index (χ0n) is 17.9. The molecule has 3 heterocycles. The van der Waals surface area contributed by atoms with Crippen molar-refractivity contribution in [2.24, 2.45) is 0 Å². The van der Waals surface area contributed by atoms with Gasteiger partial charge in [0.1, 0.15) is 17.6 Å².